The van der Waals surface area contributed by atoms with E-state index in [-0.39, 0.29) is 0 Å². The Hall–Kier alpha value is -0.790. The van der Waals surface area contributed by atoms with Gasteiger partial charge in [0, 0.05) is 13.1 Å². The van der Waals surface area contributed by atoms with Crippen LogP contribution in [-0.4, -0.2) is 24.3 Å². The molecule has 0 bridgehead atoms. The molecule has 2 nitrogen and oxygen atoms in total. The first-order chi connectivity index (χ1) is 6.13. The fourth-order valence-electron chi connectivity index (χ4n) is 0.796. The fraction of sp³-hybridized carbons (Fsp3) is 0.727. The van der Waals surface area contributed by atoms with Gasteiger partial charge in [0.1, 0.15) is 0 Å². The molecule has 2 heteroatoms. The molecule has 0 rings (SSSR count). The Balaban J connectivity index is 0. The SMILES string of the molecule is C=CN(C=NC)C(C)C(C)C.CC. The molecule has 0 aliphatic carbocycles. The van der Waals surface area contributed by atoms with Gasteiger partial charge in [-0.15, -0.1) is 0 Å². The summed E-state index contributed by atoms with van der Waals surface area (Å²) in [6.45, 7) is 14.2. The van der Waals surface area contributed by atoms with Crippen molar-refractivity contribution in [2.24, 2.45) is 10.9 Å². The van der Waals surface area contributed by atoms with Gasteiger partial charge < -0.3 is 4.90 Å². The molecule has 0 aliphatic heterocycles. The van der Waals surface area contributed by atoms with Gasteiger partial charge in [-0.05, 0) is 19.0 Å². The first-order valence-electron chi connectivity index (χ1n) is 4.95. The van der Waals surface area contributed by atoms with Crippen LogP contribution >= 0.6 is 0 Å². The van der Waals surface area contributed by atoms with Crippen molar-refractivity contribution in [1.82, 2.24) is 4.90 Å². The fourth-order valence-corrected chi connectivity index (χ4v) is 0.796. The second kappa shape index (κ2) is 9.30. The van der Waals surface area contributed by atoms with Crippen molar-refractivity contribution in [3.05, 3.63) is 12.8 Å². The van der Waals surface area contributed by atoms with Crippen LogP contribution in [0.15, 0.2) is 17.8 Å². The lowest BCUT2D eigenvalue weighted by Gasteiger charge is -2.25. The van der Waals surface area contributed by atoms with Gasteiger partial charge in [0.15, 0.2) is 0 Å². The van der Waals surface area contributed by atoms with Gasteiger partial charge in [-0.25, -0.2) is 0 Å². The Labute approximate surface area is 83.4 Å². The first kappa shape index (κ1) is 14.7. The molecule has 0 radical (unpaired) electrons. The minimum atomic E-state index is 0.469. The molecule has 0 aliphatic rings. The number of nitrogens with zero attached hydrogens (tertiary/aromatic N) is 2. The zero-order chi connectivity index (χ0) is 10.9. The highest BCUT2D eigenvalue weighted by Gasteiger charge is 2.10. The van der Waals surface area contributed by atoms with E-state index in [9.17, 15) is 0 Å². The Morgan fingerprint density at radius 1 is 1.23 bits per heavy atom. The van der Waals surface area contributed by atoms with Crippen LogP contribution in [0.4, 0.5) is 0 Å². The minimum Gasteiger partial charge on any atom is -0.337 e. The van der Waals surface area contributed by atoms with Gasteiger partial charge in [0.2, 0.25) is 0 Å². The van der Waals surface area contributed by atoms with Crippen molar-refractivity contribution in [3.63, 3.8) is 0 Å². The maximum Gasteiger partial charge on any atom is 0.0888 e. The molecule has 1 atom stereocenters. The molecule has 78 valence electrons. The number of rotatable bonds is 4. The highest BCUT2D eigenvalue weighted by molar-refractivity contribution is 5.56. The molecule has 0 aromatic heterocycles. The minimum absolute atomic E-state index is 0.469. The molecule has 0 aromatic rings. The molecule has 0 fully saturated rings. The summed E-state index contributed by atoms with van der Waals surface area (Å²) in [6, 6.07) is 0.469. The standard InChI is InChI=1S/C9H18N2.C2H6/c1-6-11(7-10-5)9(4)8(2)3;1-2/h6-9H,1H2,2-5H3;1-2H3. The second-order valence-electron chi connectivity index (χ2n) is 2.99. The predicted molar refractivity (Wildman–Crippen MR) is 62.1 cm³/mol. The van der Waals surface area contributed by atoms with Crippen molar-refractivity contribution in [2.45, 2.75) is 40.7 Å². The van der Waals surface area contributed by atoms with Crippen molar-refractivity contribution < 1.29 is 0 Å². The van der Waals surface area contributed by atoms with Crippen LogP contribution < -0.4 is 0 Å². The van der Waals surface area contributed by atoms with Crippen LogP contribution in [0.2, 0.25) is 0 Å². The molecular formula is C11H24N2. The summed E-state index contributed by atoms with van der Waals surface area (Å²) in [5.41, 5.74) is 0. The lowest BCUT2D eigenvalue weighted by Crippen LogP contribution is -2.30. The van der Waals surface area contributed by atoms with Crippen LogP contribution in [0.25, 0.3) is 0 Å². The van der Waals surface area contributed by atoms with Gasteiger partial charge >= 0.3 is 0 Å². The Bertz CT molecular complexity index is 139. The average Bonchev–Trinajstić information content (AvgIpc) is 2.16. The van der Waals surface area contributed by atoms with Crippen molar-refractivity contribution in [2.75, 3.05) is 7.05 Å². The predicted octanol–water partition coefficient (Wildman–Crippen LogP) is 3.16. The number of hydrogen-bond acceptors (Lipinski definition) is 1. The monoisotopic (exact) mass is 184 g/mol. The molecule has 0 amide bonds. The molecule has 1 unspecified atom stereocenters. The quantitative estimate of drug-likeness (QED) is 0.484. The number of aliphatic imine (C=N–C) groups is 1. The summed E-state index contributed by atoms with van der Waals surface area (Å²) in [5.74, 6) is 0.617. The lowest BCUT2D eigenvalue weighted by atomic mass is 10.1. The van der Waals surface area contributed by atoms with E-state index in [1.54, 1.807) is 19.6 Å². The van der Waals surface area contributed by atoms with E-state index in [0.717, 1.165) is 0 Å². The largest absolute Gasteiger partial charge is 0.337 e. The Kier molecular flexibility index (Phi) is 10.5. The highest BCUT2D eigenvalue weighted by atomic mass is 15.2. The van der Waals surface area contributed by atoms with E-state index >= 15 is 0 Å². The van der Waals surface area contributed by atoms with Crippen molar-refractivity contribution in [3.8, 4) is 0 Å². The Morgan fingerprint density at radius 3 is 1.92 bits per heavy atom. The second-order valence-corrected chi connectivity index (χ2v) is 2.99. The summed E-state index contributed by atoms with van der Waals surface area (Å²) in [7, 11) is 1.77. The van der Waals surface area contributed by atoms with Gasteiger partial charge in [-0.2, -0.15) is 0 Å². The summed E-state index contributed by atoms with van der Waals surface area (Å²) in [6.07, 6.45) is 3.61. The molecule has 0 spiro atoms. The summed E-state index contributed by atoms with van der Waals surface area (Å²) in [5, 5.41) is 0. The van der Waals surface area contributed by atoms with E-state index in [4.69, 9.17) is 0 Å². The van der Waals surface area contributed by atoms with Gasteiger partial charge in [-0.1, -0.05) is 34.3 Å². The normalized spacial score (nSPS) is 12.2. The zero-order valence-electron chi connectivity index (χ0n) is 9.91. The average molecular weight is 184 g/mol. The van der Waals surface area contributed by atoms with E-state index in [1.165, 1.54) is 0 Å². The van der Waals surface area contributed by atoms with E-state index < -0.39 is 0 Å². The van der Waals surface area contributed by atoms with Gasteiger partial charge in [0.25, 0.3) is 0 Å². The van der Waals surface area contributed by atoms with Crippen LogP contribution in [0.1, 0.15) is 34.6 Å². The van der Waals surface area contributed by atoms with Crippen molar-refractivity contribution in [1.29, 1.82) is 0 Å². The maximum absolute atomic E-state index is 3.94. The third kappa shape index (κ3) is 6.38. The third-order valence-electron chi connectivity index (χ3n) is 1.89. The summed E-state index contributed by atoms with van der Waals surface area (Å²) < 4.78 is 0. The van der Waals surface area contributed by atoms with Crippen LogP contribution in [-0.2, 0) is 0 Å². The molecule has 0 aromatic carbocycles. The first-order valence-corrected chi connectivity index (χ1v) is 4.95. The lowest BCUT2D eigenvalue weighted by molar-refractivity contribution is 0.343. The third-order valence-corrected chi connectivity index (χ3v) is 1.89. The number of hydrogen-bond donors (Lipinski definition) is 0. The van der Waals surface area contributed by atoms with Crippen LogP contribution in [0, 0.1) is 5.92 Å². The highest BCUT2D eigenvalue weighted by Crippen LogP contribution is 2.07. The molecule has 0 saturated carbocycles. The zero-order valence-corrected chi connectivity index (χ0v) is 9.91. The molecular weight excluding hydrogens is 160 g/mol. The summed E-state index contributed by atoms with van der Waals surface area (Å²) >= 11 is 0. The van der Waals surface area contributed by atoms with Crippen molar-refractivity contribution >= 4 is 6.34 Å². The molecule has 0 N–H and O–H groups in total. The molecule has 0 saturated heterocycles. The maximum atomic E-state index is 3.94. The molecule has 0 heterocycles. The van der Waals surface area contributed by atoms with Gasteiger partial charge in [0.05, 0.1) is 6.34 Å². The van der Waals surface area contributed by atoms with E-state index in [1.807, 2.05) is 18.7 Å². The van der Waals surface area contributed by atoms with E-state index in [0.29, 0.717) is 12.0 Å². The smallest absolute Gasteiger partial charge is 0.0888 e. The summed E-state index contributed by atoms with van der Waals surface area (Å²) in [4.78, 5) is 5.96. The topological polar surface area (TPSA) is 15.6 Å². The van der Waals surface area contributed by atoms with Crippen LogP contribution in [0.3, 0.4) is 0 Å². The van der Waals surface area contributed by atoms with Gasteiger partial charge in [-0.3, -0.25) is 4.99 Å². The van der Waals surface area contributed by atoms with E-state index in [2.05, 4.69) is 32.3 Å². The molecule has 13 heavy (non-hydrogen) atoms. The van der Waals surface area contributed by atoms with Crippen LogP contribution in [0.5, 0.6) is 0 Å². The Morgan fingerprint density at radius 2 is 1.69 bits per heavy atom.